The summed E-state index contributed by atoms with van der Waals surface area (Å²) in [4.78, 5) is 41.9. The van der Waals surface area contributed by atoms with Gasteiger partial charge >= 0.3 is 5.69 Å². The van der Waals surface area contributed by atoms with Crippen LogP contribution in [0.25, 0.3) is 0 Å². The van der Waals surface area contributed by atoms with Gasteiger partial charge in [-0.3, -0.25) is 19.1 Å². The van der Waals surface area contributed by atoms with Gasteiger partial charge in [-0.25, -0.2) is 4.79 Å². The van der Waals surface area contributed by atoms with Gasteiger partial charge in [0, 0.05) is 13.0 Å². The van der Waals surface area contributed by atoms with Crippen molar-refractivity contribution >= 4 is 17.4 Å². The molecular formula is C25H30N4O6. The number of nitrogen functional groups attached to an aromatic ring is 1. The maximum atomic E-state index is 13.2. The van der Waals surface area contributed by atoms with Crippen LogP contribution >= 0.6 is 0 Å². The number of aromatic nitrogens is 2. The zero-order valence-electron chi connectivity index (χ0n) is 20.3. The first-order chi connectivity index (χ1) is 16.8. The van der Waals surface area contributed by atoms with Crippen LogP contribution in [-0.4, -0.2) is 43.3 Å². The van der Waals surface area contributed by atoms with Crippen LogP contribution in [0.15, 0.2) is 52.1 Å². The molecule has 186 valence electrons. The number of nitrogens with one attached hydrogen (secondary N) is 1. The van der Waals surface area contributed by atoms with Crippen LogP contribution in [0.1, 0.15) is 24.5 Å². The summed E-state index contributed by atoms with van der Waals surface area (Å²) in [5.41, 5.74) is 6.50. The summed E-state index contributed by atoms with van der Waals surface area (Å²) in [6, 6.07) is 12.8. The number of ether oxygens (including phenoxy) is 3. The first-order valence-corrected chi connectivity index (χ1v) is 11.1. The summed E-state index contributed by atoms with van der Waals surface area (Å²) >= 11 is 0. The van der Waals surface area contributed by atoms with Gasteiger partial charge in [0.1, 0.15) is 5.82 Å². The maximum Gasteiger partial charge on any atom is 0.330 e. The molecule has 2 aromatic carbocycles. The minimum Gasteiger partial charge on any atom is -0.493 e. The van der Waals surface area contributed by atoms with Gasteiger partial charge in [0.25, 0.3) is 5.56 Å². The molecule has 0 aliphatic rings. The largest absolute Gasteiger partial charge is 0.493 e. The van der Waals surface area contributed by atoms with Gasteiger partial charge in [0.15, 0.2) is 17.2 Å². The molecule has 1 aromatic heterocycles. The van der Waals surface area contributed by atoms with Gasteiger partial charge in [0.2, 0.25) is 11.7 Å². The molecule has 0 unspecified atom stereocenters. The Labute approximate surface area is 202 Å². The van der Waals surface area contributed by atoms with E-state index < -0.39 is 11.2 Å². The van der Waals surface area contributed by atoms with E-state index in [0.29, 0.717) is 23.7 Å². The first kappa shape index (κ1) is 25.4. The average molecular weight is 483 g/mol. The zero-order chi connectivity index (χ0) is 25.5. The number of carbonyl (C=O) groups is 1. The highest BCUT2D eigenvalue weighted by Gasteiger charge is 2.23. The topological polar surface area (TPSA) is 129 Å². The molecule has 0 spiro atoms. The van der Waals surface area contributed by atoms with Crippen molar-refractivity contribution in [1.82, 2.24) is 9.55 Å². The molecule has 0 bridgehead atoms. The van der Waals surface area contributed by atoms with Crippen molar-refractivity contribution in [2.24, 2.45) is 0 Å². The van der Waals surface area contributed by atoms with Crippen LogP contribution in [0, 0.1) is 0 Å². The van der Waals surface area contributed by atoms with E-state index in [1.165, 1.54) is 30.8 Å². The number of hydrogen-bond donors (Lipinski definition) is 2. The van der Waals surface area contributed by atoms with Crippen LogP contribution in [0.5, 0.6) is 17.2 Å². The van der Waals surface area contributed by atoms with Crippen molar-refractivity contribution in [1.29, 1.82) is 0 Å². The number of nitrogens with zero attached hydrogens (tertiary/aromatic N) is 2. The predicted molar refractivity (Wildman–Crippen MR) is 134 cm³/mol. The highest BCUT2D eigenvalue weighted by atomic mass is 16.5. The number of rotatable bonds is 10. The molecule has 1 heterocycles. The quantitative estimate of drug-likeness (QED) is 0.453. The third-order valence-corrected chi connectivity index (χ3v) is 5.64. The lowest BCUT2D eigenvalue weighted by Gasteiger charge is -2.23. The Kier molecular flexibility index (Phi) is 8.19. The predicted octanol–water partition coefficient (Wildman–Crippen LogP) is 2.18. The van der Waals surface area contributed by atoms with Gasteiger partial charge in [-0.2, -0.15) is 0 Å². The monoisotopic (exact) mass is 482 g/mol. The van der Waals surface area contributed by atoms with Crippen LogP contribution < -0.4 is 36.1 Å². The molecule has 10 nitrogen and oxygen atoms in total. The van der Waals surface area contributed by atoms with Crippen LogP contribution in [-0.2, 0) is 17.8 Å². The Morgan fingerprint density at radius 2 is 1.63 bits per heavy atom. The summed E-state index contributed by atoms with van der Waals surface area (Å²) in [5, 5.41) is 0. The van der Waals surface area contributed by atoms with Crippen LogP contribution in [0.2, 0.25) is 0 Å². The molecule has 35 heavy (non-hydrogen) atoms. The third kappa shape index (κ3) is 5.48. The van der Waals surface area contributed by atoms with Crippen LogP contribution in [0.3, 0.4) is 0 Å². The molecule has 0 aliphatic heterocycles. The minimum atomic E-state index is -0.709. The van der Waals surface area contributed by atoms with E-state index in [1.54, 1.807) is 19.1 Å². The fourth-order valence-electron chi connectivity index (χ4n) is 3.89. The molecule has 0 aliphatic carbocycles. The molecule has 3 rings (SSSR count). The standard InChI is InChI=1S/C25H30N4O6/c1-5-28(20(30)12-11-17-13-18(33-2)22(35-4)19(14-17)34-3)21-23(26)29(25(32)27-24(21)31)15-16-9-7-6-8-10-16/h6-10,13-14H,5,11-12,15,26H2,1-4H3,(H,27,31,32). The van der Waals surface area contributed by atoms with E-state index in [9.17, 15) is 14.4 Å². The number of aromatic amines is 1. The number of benzene rings is 2. The van der Waals surface area contributed by atoms with E-state index in [2.05, 4.69) is 4.98 Å². The third-order valence-electron chi connectivity index (χ3n) is 5.64. The number of carbonyl (C=O) groups excluding carboxylic acids is 1. The van der Waals surface area contributed by atoms with E-state index in [1.807, 2.05) is 30.3 Å². The normalized spacial score (nSPS) is 10.6. The Hall–Kier alpha value is -4.21. The van der Waals surface area contributed by atoms with Gasteiger partial charge in [-0.1, -0.05) is 30.3 Å². The molecule has 3 N–H and O–H groups in total. The second-order valence-electron chi connectivity index (χ2n) is 7.74. The Morgan fingerprint density at radius 1 is 1.00 bits per heavy atom. The van der Waals surface area contributed by atoms with Crippen LogP contribution in [0.4, 0.5) is 11.5 Å². The van der Waals surface area contributed by atoms with Crippen molar-refractivity contribution in [2.45, 2.75) is 26.3 Å². The van der Waals surface area contributed by atoms with Gasteiger partial charge in [-0.15, -0.1) is 0 Å². The fraction of sp³-hybridized carbons (Fsp3) is 0.320. The summed E-state index contributed by atoms with van der Waals surface area (Å²) in [6.45, 7) is 2.10. The molecule has 0 radical (unpaired) electrons. The molecular weight excluding hydrogens is 452 g/mol. The van der Waals surface area contributed by atoms with Gasteiger partial charge in [0.05, 0.1) is 27.9 Å². The lowest BCUT2D eigenvalue weighted by atomic mass is 10.1. The van der Waals surface area contributed by atoms with Crippen molar-refractivity contribution in [2.75, 3.05) is 38.5 Å². The molecule has 10 heteroatoms. The van der Waals surface area contributed by atoms with E-state index >= 15 is 0 Å². The zero-order valence-corrected chi connectivity index (χ0v) is 20.3. The van der Waals surface area contributed by atoms with E-state index in [0.717, 1.165) is 11.1 Å². The molecule has 0 fully saturated rings. The molecule has 0 saturated heterocycles. The summed E-state index contributed by atoms with van der Waals surface area (Å²) < 4.78 is 17.3. The molecule has 0 saturated carbocycles. The molecule has 1 amide bonds. The number of amides is 1. The van der Waals surface area contributed by atoms with Gasteiger partial charge < -0.3 is 24.8 Å². The van der Waals surface area contributed by atoms with Crippen molar-refractivity contribution in [3.05, 3.63) is 74.4 Å². The van der Waals surface area contributed by atoms with E-state index in [4.69, 9.17) is 19.9 Å². The van der Waals surface area contributed by atoms with Crippen molar-refractivity contribution in [3.8, 4) is 17.2 Å². The number of anilines is 2. The SMILES string of the molecule is CCN(C(=O)CCc1cc(OC)c(OC)c(OC)c1)c1c(N)n(Cc2ccccc2)c(=O)[nH]c1=O. The Bertz CT molecular complexity index is 1270. The fourth-order valence-corrected chi connectivity index (χ4v) is 3.89. The lowest BCUT2D eigenvalue weighted by Crippen LogP contribution is -2.41. The maximum absolute atomic E-state index is 13.2. The Morgan fingerprint density at radius 3 is 2.17 bits per heavy atom. The number of H-pyrrole nitrogens is 1. The number of methoxy groups -OCH3 is 3. The minimum absolute atomic E-state index is 0.0436. The average Bonchev–Trinajstić information content (AvgIpc) is 2.87. The summed E-state index contributed by atoms with van der Waals surface area (Å²) in [7, 11) is 4.55. The highest BCUT2D eigenvalue weighted by Crippen LogP contribution is 2.38. The lowest BCUT2D eigenvalue weighted by molar-refractivity contribution is -0.118. The molecule has 0 atom stereocenters. The smallest absolute Gasteiger partial charge is 0.330 e. The first-order valence-electron chi connectivity index (χ1n) is 11.1. The number of hydrogen-bond acceptors (Lipinski definition) is 7. The second-order valence-corrected chi connectivity index (χ2v) is 7.74. The Balaban J connectivity index is 1.89. The van der Waals surface area contributed by atoms with Crippen molar-refractivity contribution in [3.63, 3.8) is 0 Å². The highest BCUT2D eigenvalue weighted by molar-refractivity contribution is 5.95. The number of nitrogens with two attached hydrogens (primary N) is 1. The second kappa shape index (κ2) is 11.3. The van der Waals surface area contributed by atoms with E-state index in [-0.39, 0.29) is 36.9 Å². The number of aryl methyl sites for hydroxylation is 1. The van der Waals surface area contributed by atoms with Crippen molar-refractivity contribution < 1.29 is 19.0 Å². The summed E-state index contributed by atoms with van der Waals surface area (Å²) in [5.74, 6) is 1.04. The summed E-state index contributed by atoms with van der Waals surface area (Å²) in [6.07, 6.45) is 0.441. The van der Waals surface area contributed by atoms with Gasteiger partial charge in [-0.05, 0) is 36.6 Å². The molecule has 3 aromatic rings.